The van der Waals surface area contributed by atoms with Gasteiger partial charge in [0.15, 0.2) is 0 Å². The standard InChI is InChI=1S/C17H19NO3/c19-16(10-12-6-2-1-3-7-12)18-11-14(17(20)21)13-8-4-5-9-15(13)18/h4-6,8-9,14H,1-3,7,10-11H2,(H,20,21). The number of fused-ring (bicyclic) bond motifs is 1. The van der Waals surface area contributed by atoms with Crippen LogP contribution in [0.1, 0.15) is 43.6 Å². The van der Waals surface area contributed by atoms with Crippen molar-refractivity contribution in [2.75, 3.05) is 11.4 Å². The molecule has 1 aliphatic heterocycles. The van der Waals surface area contributed by atoms with E-state index in [4.69, 9.17) is 0 Å². The van der Waals surface area contributed by atoms with E-state index in [-0.39, 0.29) is 12.5 Å². The number of hydrogen-bond acceptors (Lipinski definition) is 2. The summed E-state index contributed by atoms with van der Waals surface area (Å²) in [5.74, 6) is -1.46. The molecular formula is C17H19NO3. The lowest BCUT2D eigenvalue weighted by molar-refractivity contribution is -0.138. The van der Waals surface area contributed by atoms with Gasteiger partial charge >= 0.3 is 5.97 Å². The summed E-state index contributed by atoms with van der Waals surface area (Å²) in [7, 11) is 0. The first-order valence-corrected chi connectivity index (χ1v) is 7.47. The van der Waals surface area contributed by atoms with Gasteiger partial charge in [0.25, 0.3) is 0 Å². The summed E-state index contributed by atoms with van der Waals surface area (Å²) in [4.78, 5) is 25.6. The Morgan fingerprint density at radius 2 is 2.05 bits per heavy atom. The van der Waals surface area contributed by atoms with Crippen LogP contribution in [0.3, 0.4) is 0 Å². The Bertz CT molecular complexity index is 606. The third kappa shape index (κ3) is 2.71. The molecule has 1 aromatic carbocycles. The summed E-state index contributed by atoms with van der Waals surface area (Å²) >= 11 is 0. The second kappa shape index (κ2) is 5.72. The van der Waals surface area contributed by atoms with Crippen molar-refractivity contribution >= 4 is 17.6 Å². The fraction of sp³-hybridized carbons (Fsp3) is 0.412. The number of anilines is 1. The first-order chi connectivity index (χ1) is 10.2. The van der Waals surface area contributed by atoms with E-state index >= 15 is 0 Å². The summed E-state index contributed by atoms with van der Waals surface area (Å²) in [6, 6.07) is 7.32. The van der Waals surface area contributed by atoms with Gasteiger partial charge in [-0.1, -0.05) is 29.8 Å². The maximum atomic E-state index is 12.5. The van der Waals surface area contributed by atoms with Crippen molar-refractivity contribution in [3.63, 3.8) is 0 Å². The third-order valence-electron chi connectivity index (χ3n) is 4.33. The predicted octanol–water partition coefficient (Wildman–Crippen LogP) is 3.09. The molecule has 4 nitrogen and oxygen atoms in total. The zero-order valence-corrected chi connectivity index (χ0v) is 11.9. The fourth-order valence-corrected chi connectivity index (χ4v) is 3.21. The van der Waals surface area contributed by atoms with Crippen LogP contribution < -0.4 is 4.90 Å². The lowest BCUT2D eigenvalue weighted by Crippen LogP contribution is -2.31. The molecule has 0 aromatic heterocycles. The highest BCUT2D eigenvalue weighted by Gasteiger charge is 2.36. The Labute approximate surface area is 124 Å². The first-order valence-electron chi connectivity index (χ1n) is 7.47. The van der Waals surface area contributed by atoms with Crippen LogP contribution >= 0.6 is 0 Å². The zero-order chi connectivity index (χ0) is 14.8. The second-order valence-corrected chi connectivity index (χ2v) is 5.74. The number of nitrogens with zero attached hydrogens (tertiary/aromatic N) is 1. The first kappa shape index (κ1) is 13.9. The number of carboxylic acid groups (broad SMARTS) is 1. The van der Waals surface area contributed by atoms with Crippen molar-refractivity contribution in [2.24, 2.45) is 0 Å². The van der Waals surface area contributed by atoms with Crippen LogP contribution in [0.25, 0.3) is 0 Å². The lowest BCUT2D eigenvalue weighted by Gasteiger charge is -2.20. The molecule has 1 aromatic rings. The van der Waals surface area contributed by atoms with Crippen molar-refractivity contribution in [2.45, 2.75) is 38.0 Å². The molecule has 1 atom stereocenters. The predicted molar refractivity (Wildman–Crippen MR) is 80.3 cm³/mol. The Morgan fingerprint density at radius 1 is 1.24 bits per heavy atom. The largest absolute Gasteiger partial charge is 0.481 e. The van der Waals surface area contributed by atoms with E-state index < -0.39 is 11.9 Å². The van der Waals surface area contributed by atoms with Gasteiger partial charge in [0, 0.05) is 18.7 Å². The summed E-state index contributed by atoms with van der Waals surface area (Å²) in [5.41, 5.74) is 2.70. The van der Waals surface area contributed by atoms with Crippen molar-refractivity contribution in [3.8, 4) is 0 Å². The van der Waals surface area contributed by atoms with Crippen LogP contribution in [0.5, 0.6) is 0 Å². The number of hydrogen-bond donors (Lipinski definition) is 1. The molecule has 1 unspecified atom stereocenters. The quantitative estimate of drug-likeness (QED) is 0.868. The minimum atomic E-state index is -0.866. The second-order valence-electron chi connectivity index (χ2n) is 5.74. The summed E-state index contributed by atoms with van der Waals surface area (Å²) in [5, 5.41) is 9.33. The molecule has 1 amide bonds. The molecule has 1 heterocycles. The number of amides is 1. The highest BCUT2D eigenvalue weighted by atomic mass is 16.4. The number of para-hydroxylation sites is 1. The minimum absolute atomic E-state index is 0.0133. The number of carboxylic acids is 1. The average molecular weight is 285 g/mol. The zero-order valence-electron chi connectivity index (χ0n) is 11.9. The number of carbonyl (C=O) groups excluding carboxylic acids is 1. The molecule has 0 spiro atoms. The average Bonchev–Trinajstić information content (AvgIpc) is 2.88. The Morgan fingerprint density at radius 3 is 2.76 bits per heavy atom. The molecular weight excluding hydrogens is 266 g/mol. The molecule has 0 saturated carbocycles. The molecule has 0 fully saturated rings. The Hall–Kier alpha value is -2.10. The molecule has 2 aliphatic rings. The third-order valence-corrected chi connectivity index (χ3v) is 4.33. The van der Waals surface area contributed by atoms with Crippen LogP contribution in [-0.2, 0) is 9.59 Å². The molecule has 21 heavy (non-hydrogen) atoms. The number of aliphatic carboxylic acids is 1. The van der Waals surface area contributed by atoms with E-state index in [1.807, 2.05) is 18.2 Å². The molecule has 1 N–H and O–H groups in total. The van der Waals surface area contributed by atoms with E-state index in [1.165, 1.54) is 12.0 Å². The Kier molecular flexibility index (Phi) is 3.78. The molecule has 0 radical (unpaired) electrons. The van der Waals surface area contributed by atoms with E-state index in [1.54, 1.807) is 11.0 Å². The van der Waals surface area contributed by atoms with Crippen molar-refractivity contribution in [3.05, 3.63) is 41.5 Å². The van der Waals surface area contributed by atoms with E-state index in [0.717, 1.165) is 30.5 Å². The van der Waals surface area contributed by atoms with Gasteiger partial charge in [0.1, 0.15) is 5.92 Å². The normalized spacial score (nSPS) is 20.9. The minimum Gasteiger partial charge on any atom is -0.481 e. The van der Waals surface area contributed by atoms with Crippen molar-refractivity contribution in [1.82, 2.24) is 0 Å². The van der Waals surface area contributed by atoms with Crippen LogP contribution in [0.2, 0.25) is 0 Å². The fourth-order valence-electron chi connectivity index (χ4n) is 3.21. The van der Waals surface area contributed by atoms with Gasteiger partial charge in [0.05, 0.1) is 0 Å². The molecule has 3 rings (SSSR count). The van der Waals surface area contributed by atoms with E-state index in [0.29, 0.717) is 6.42 Å². The number of benzene rings is 1. The van der Waals surface area contributed by atoms with Crippen molar-refractivity contribution in [1.29, 1.82) is 0 Å². The SMILES string of the molecule is O=C(O)C1CN(C(=O)CC2=CCCCC2)c2ccccc21. The smallest absolute Gasteiger partial charge is 0.312 e. The van der Waals surface area contributed by atoms with Gasteiger partial charge in [-0.3, -0.25) is 9.59 Å². The maximum Gasteiger partial charge on any atom is 0.312 e. The summed E-state index contributed by atoms with van der Waals surface area (Å²) in [6.45, 7) is 0.251. The van der Waals surface area contributed by atoms with E-state index in [2.05, 4.69) is 6.08 Å². The van der Waals surface area contributed by atoms with Crippen LogP contribution in [0, 0.1) is 0 Å². The topological polar surface area (TPSA) is 57.6 Å². The van der Waals surface area contributed by atoms with Crippen molar-refractivity contribution < 1.29 is 14.7 Å². The summed E-state index contributed by atoms with van der Waals surface area (Å²) in [6.07, 6.45) is 6.97. The molecule has 1 aliphatic carbocycles. The van der Waals surface area contributed by atoms with Gasteiger partial charge < -0.3 is 10.0 Å². The number of allylic oxidation sites excluding steroid dienone is 1. The highest BCUT2D eigenvalue weighted by molar-refractivity contribution is 5.99. The molecule has 110 valence electrons. The lowest BCUT2D eigenvalue weighted by atomic mass is 9.97. The maximum absolute atomic E-state index is 12.5. The highest BCUT2D eigenvalue weighted by Crippen LogP contribution is 2.37. The van der Waals surface area contributed by atoms with Crippen LogP contribution in [0.4, 0.5) is 5.69 Å². The molecule has 0 saturated heterocycles. The van der Waals surface area contributed by atoms with Gasteiger partial charge in [-0.2, -0.15) is 0 Å². The monoisotopic (exact) mass is 285 g/mol. The molecule has 4 heteroatoms. The van der Waals surface area contributed by atoms with Crippen LogP contribution in [0.15, 0.2) is 35.9 Å². The van der Waals surface area contributed by atoms with Gasteiger partial charge in [0.2, 0.25) is 5.91 Å². The van der Waals surface area contributed by atoms with Gasteiger partial charge in [-0.05, 0) is 37.3 Å². The number of rotatable bonds is 3. The van der Waals surface area contributed by atoms with Crippen LogP contribution in [-0.4, -0.2) is 23.5 Å². The van der Waals surface area contributed by atoms with E-state index in [9.17, 15) is 14.7 Å². The summed E-state index contributed by atoms with van der Waals surface area (Å²) < 4.78 is 0. The molecule has 0 bridgehead atoms. The Balaban J connectivity index is 1.81. The van der Waals surface area contributed by atoms with Gasteiger partial charge in [-0.25, -0.2) is 0 Å². The number of carbonyl (C=O) groups is 2. The van der Waals surface area contributed by atoms with Gasteiger partial charge in [-0.15, -0.1) is 0 Å².